The van der Waals surface area contributed by atoms with Crippen molar-refractivity contribution in [3.8, 4) is 5.75 Å². The van der Waals surface area contributed by atoms with Gasteiger partial charge >= 0.3 is 5.97 Å². The number of hydrogen-bond donors (Lipinski definition) is 2. The van der Waals surface area contributed by atoms with Crippen LogP contribution in [0.15, 0.2) is 16.8 Å². The van der Waals surface area contributed by atoms with Crippen LogP contribution in [0.2, 0.25) is 0 Å². The Bertz CT molecular complexity index is 476. The van der Waals surface area contributed by atoms with Crippen LogP contribution in [0.1, 0.15) is 10.4 Å². The molecule has 2 rings (SSSR count). The van der Waals surface area contributed by atoms with Gasteiger partial charge in [0.1, 0.15) is 22.3 Å². The first kappa shape index (κ1) is 7.53. The van der Waals surface area contributed by atoms with Crippen LogP contribution in [0.25, 0.3) is 11.0 Å². The van der Waals surface area contributed by atoms with E-state index in [1.54, 1.807) is 0 Å². The number of carboxylic acid groups (broad SMARTS) is 1. The van der Waals surface area contributed by atoms with Crippen molar-refractivity contribution in [2.24, 2.45) is 0 Å². The van der Waals surface area contributed by atoms with E-state index in [9.17, 15) is 9.90 Å². The molecule has 0 amide bonds. The zero-order valence-corrected chi connectivity index (χ0v) is 6.26. The normalized spacial score (nSPS) is 10.5. The van der Waals surface area contributed by atoms with Gasteiger partial charge in [-0.05, 0) is 16.4 Å². The van der Waals surface area contributed by atoms with Crippen molar-refractivity contribution in [1.29, 1.82) is 0 Å². The lowest BCUT2D eigenvalue weighted by Gasteiger charge is -1.96. The van der Waals surface area contributed by atoms with Crippen LogP contribution in [0.5, 0.6) is 5.75 Å². The van der Waals surface area contributed by atoms with Crippen LogP contribution >= 0.6 is 0 Å². The zero-order chi connectivity index (χ0) is 9.42. The third kappa shape index (κ3) is 1.08. The van der Waals surface area contributed by atoms with E-state index in [-0.39, 0.29) is 11.3 Å². The first-order chi connectivity index (χ1) is 6.18. The van der Waals surface area contributed by atoms with Gasteiger partial charge < -0.3 is 10.2 Å². The Balaban J connectivity index is 2.76. The molecule has 0 bridgehead atoms. The summed E-state index contributed by atoms with van der Waals surface area (Å²) in [6, 6.07) is 2.39. The topological polar surface area (TPSA) is 96.5 Å². The summed E-state index contributed by atoms with van der Waals surface area (Å²) in [5.74, 6) is -1.57. The largest absolute Gasteiger partial charge is 0.507 e. The predicted molar refractivity (Wildman–Crippen MR) is 40.4 cm³/mol. The molecule has 6 nitrogen and oxygen atoms in total. The highest BCUT2D eigenvalue weighted by Gasteiger charge is 2.12. The number of hydrogen-bond acceptors (Lipinski definition) is 5. The number of nitrogens with zero attached hydrogens (tertiary/aromatic N) is 2. The smallest absolute Gasteiger partial charge is 0.339 e. The van der Waals surface area contributed by atoms with Gasteiger partial charge in [-0.1, -0.05) is 0 Å². The number of fused-ring (bicyclic) bond motifs is 1. The van der Waals surface area contributed by atoms with E-state index in [0.717, 1.165) is 0 Å². The average molecular weight is 180 g/mol. The van der Waals surface area contributed by atoms with Crippen molar-refractivity contribution in [3.63, 3.8) is 0 Å². The summed E-state index contributed by atoms with van der Waals surface area (Å²) >= 11 is 0. The van der Waals surface area contributed by atoms with E-state index in [1.807, 2.05) is 0 Å². The highest BCUT2D eigenvalue weighted by molar-refractivity contribution is 5.95. The van der Waals surface area contributed by atoms with Crippen molar-refractivity contribution >= 4 is 17.0 Å². The second-order valence-corrected chi connectivity index (χ2v) is 2.43. The second kappa shape index (κ2) is 2.44. The lowest BCUT2D eigenvalue weighted by atomic mass is 10.2. The number of rotatable bonds is 1. The highest BCUT2D eigenvalue weighted by atomic mass is 16.6. The Kier molecular flexibility index (Phi) is 1.42. The molecule has 0 atom stereocenters. The molecule has 0 spiro atoms. The molecule has 0 radical (unpaired) electrons. The van der Waals surface area contributed by atoms with Crippen LogP contribution in [0.4, 0.5) is 0 Å². The molecule has 1 aromatic heterocycles. The molecule has 2 N–H and O–H groups in total. The third-order valence-electron chi connectivity index (χ3n) is 1.60. The molecule has 0 aliphatic carbocycles. The maximum Gasteiger partial charge on any atom is 0.339 e. The number of carboxylic acids is 1. The van der Waals surface area contributed by atoms with Gasteiger partial charge in [0.15, 0.2) is 0 Å². The summed E-state index contributed by atoms with van der Waals surface area (Å²) in [4.78, 5) is 10.5. The number of carbonyl (C=O) groups is 1. The van der Waals surface area contributed by atoms with Gasteiger partial charge in [-0.3, -0.25) is 0 Å². The highest BCUT2D eigenvalue weighted by Crippen LogP contribution is 2.22. The van der Waals surface area contributed by atoms with Gasteiger partial charge in [0.05, 0.1) is 0 Å². The maximum absolute atomic E-state index is 10.5. The third-order valence-corrected chi connectivity index (χ3v) is 1.60. The molecule has 1 heterocycles. The van der Waals surface area contributed by atoms with Gasteiger partial charge in [-0.2, -0.15) is 0 Å². The van der Waals surface area contributed by atoms with Gasteiger partial charge in [-0.15, -0.1) is 0 Å². The van der Waals surface area contributed by atoms with Crippen LogP contribution in [0, 0.1) is 0 Å². The molecular formula is C7H4N2O4. The summed E-state index contributed by atoms with van der Waals surface area (Å²) in [7, 11) is 0. The maximum atomic E-state index is 10.5. The molecule has 1 aromatic carbocycles. The lowest BCUT2D eigenvalue weighted by molar-refractivity contribution is 0.0694. The average Bonchev–Trinajstić information content (AvgIpc) is 2.48. The summed E-state index contributed by atoms with van der Waals surface area (Å²) in [5, 5.41) is 24.7. The number of aromatic hydroxyl groups is 1. The first-order valence-corrected chi connectivity index (χ1v) is 3.37. The monoisotopic (exact) mass is 180 g/mol. The number of benzene rings is 1. The molecule has 0 unspecified atom stereocenters. The Labute approximate surface area is 71.4 Å². The minimum Gasteiger partial charge on any atom is -0.507 e. The van der Waals surface area contributed by atoms with Crippen molar-refractivity contribution in [1.82, 2.24) is 10.3 Å². The van der Waals surface area contributed by atoms with Crippen molar-refractivity contribution in [2.45, 2.75) is 0 Å². The quantitative estimate of drug-likeness (QED) is 0.667. The number of aromatic nitrogens is 2. The van der Waals surface area contributed by atoms with E-state index in [2.05, 4.69) is 14.9 Å². The Hall–Kier alpha value is -2.11. The van der Waals surface area contributed by atoms with Crippen LogP contribution < -0.4 is 0 Å². The Morgan fingerprint density at radius 2 is 1.92 bits per heavy atom. The number of phenols is 1. The molecule has 66 valence electrons. The second-order valence-electron chi connectivity index (χ2n) is 2.43. The molecule has 6 heteroatoms. The standard InChI is InChI=1S/C7H4N2O4/c10-6-2-5-4(8-13-9-5)1-3(6)7(11)12/h1-2,10H,(H,11,12). The molecule has 0 aliphatic rings. The van der Waals surface area contributed by atoms with Gasteiger partial charge in [0.2, 0.25) is 0 Å². The van der Waals surface area contributed by atoms with Crippen LogP contribution in [0.3, 0.4) is 0 Å². The molecule has 2 aromatic rings. The molecule has 0 saturated carbocycles. The van der Waals surface area contributed by atoms with E-state index in [0.29, 0.717) is 11.0 Å². The fourth-order valence-corrected chi connectivity index (χ4v) is 0.992. The summed E-state index contributed by atoms with van der Waals surface area (Å²) in [6.07, 6.45) is 0. The van der Waals surface area contributed by atoms with Gasteiger partial charge in [0, 0.05) is 6.07 Å². The van der Waals surface area contributed by atoms with Crippen molar-refractivity contribution in [3.05, 3.63) is 17.7 Å². The van der Waals surface area contributed by atoms with Crippen LogP contribution in [-0.4, -0.2) is 26.5 Å². The van der Waals surface area contributed by atoms with Gasteiger partial charge in [0.25, 0.3) is 0 Å². The van der Waals surface area contributed by atoms with Gasteiger partial charge in [-0.25, -0.2) is 9.42 Å². The van der Waals surface area contributed by atoms with Crippen LogP contribution in [-0.2, 0) is 0 Å². The van der Waals surface area contributed by atoms with E-state index in [1.165, 1.54) is 12.1 Å². The fraction of sp³-hybridized carbons (Fsp3) is 0. The Morgan fingerprint density at radius 1 is 1.31 bits per heavy atom. The summed E-state index contributed by atoms with van der Waals surface area (Å²) in [6.45, 7) is 0. The first-order valence-electron chi connectivity index (χ1n) is 3.37. The minimum absolute atomic E-state index is 0.219. The van der Waals surface area contributed by atoms with E-state index >= 15 is 0 Å². The fourth-order valence-electron chi connectivity index (χ4n) is 0.992. The molecule has 13 heavy (non-hydrogen) atoms. The van der Waals surface area contributed by atoms with Crippen molar-refractivity contribution in [2.75, 3.05) is 0 Å². The number of aromatic carboxylic acids is 1. The summed E-state index contributed by atoms with van der Waals surface area (Å²) < 4.78 is 4.35. The molecular weight excluding hydrogens is 176 g/mol. The predicted octanol–water partition coefficient (Wildman–Crippen LogP) is 0.627. The minimum atomic E-state index is -1.22. The molecule has 0 fully saturated rings. The van der Waals surface area contributed by atoms with E-state index in [4.69, 9.17) is 5.11 Å². The molecule has 0 saturated heterocycles. The lowest BCUT2D eigenvalue weighted by Crippen LogP contribution is -1.96. The Morgan fingerprint density at radius 3 is 2.54 bits per heavy atom. The summed E-state index contributed by atoms with van der Waals surface area (Å²) in [5.41, 5.74) is 0.404. The van der Waals surface area contributed by atoms with Crippen molar-refractivity contribution < 1.29 is 19.6 Å². The zero-order valence-electron chi connectivity index (χ0n) is 6.26. The van der Waals surface area contributed by atoms with E-state index < -0.39 is 5.97 Å². The molecule has 0 aliphatic heterocycles. The SMILES string of the molecule is O=C(O)c1cc2nonc2cc1O.